The Morgan fingerprint density at radius 1 is 1.04 bits per heavy atom. The minimum Gasteiger partial charge on any atom is -0.278 e. The van der Waals surface area contributed by atoms with Crippen LogP contribution in [0.4, 0.5) is 5.13 Å². The summed E-state index contributed by atoms with van der Waals surface area (Å²) in [6.45, 7) is 0.349. The molecule has 0 spiro atoms. The molecule has 4 aromatic rings. The number of pyridine rings is 1. The number of fused-ring (bicyclic) bond motifs is 1. The first-order chi connectivity index (χ1) is 13.1. The lowest BCUT2D eigenvalue weighted by Crippen LogP contribution is -2.31. The molecule has 0 aliphatic heterocycles. The van der Waals surface area contributed by atoms with Crippen LogP contribution in [-0.4, -0.2) is 15.9 Å². The zero-order valence-corrected chi connectivity index (χ0v) is 18.0. The number of anilines is 1. The fourth-order valence-corrected chi connectivity index (χ4v) is 4.63. The molecule has 0 N–H and O–H groups in total. The lowest BCUT2D eigenvalue weighted by Gasteiger charge is -2.20. The van der Waals surface area contributed by atoms with E-state index < -0.39 is 0 Å². The molecule has 1 amide bonds. The summed E-state index contributed by atoms with van der Waals surface area (Å²) in [6, 6.07) is 19.0. The fraction of sp³-hybridized carbons (Fsp3) is 0.0500. The van der Waals surface area contributed by atoms with Gasteiger partial charge in [0.1, 0.15) is 0 Å². The summed E-state index contributed by atoms with van der Waals surface area (Å²) in [7, 11) is 0. The molecule has 0 bridgehead atoms. The summed E-state index contributed by atoms with van der Waals surface area (Å²) < 4.78 is 2.76. The van der Waals surface area contributed by atoms with Gasteiger partial charge in [0.15, 0.2) is 5.13 Å². The minimum absolute atomic E-state index is 0.119. The first-order valence-electron chi connectivity index (χ1n) is 8.14. The molecule has 2 aromatic heterocycles. The maximum absolute atomic E-state index is 13.3. The molecule has 4 nitrogen and oxygen atoms in total. The third kappa shape index (κ3) is 3.95. The monoisotopic (exact) mass is 501 g/mol. The highest BCUT2D eigenvalue weighted by atomic mass is 79.9. The molecule has 27 heavy (non-hydrogen) atoms. The van der Waals surface area contributed by atoms with E-state index in [1.165, 1.54) is 11.3 Å². The Hall–Kier alpha value is -2.09. The third-order valence-corrected chi connectivity index (χ3v) is 6.19. The van der Waals surface area contributed by atoms with Crippen molar-refractivity contribution in [1.29, 1.82) is 0 Å². The number of thiazole rings is 1. The third-order valence-electron chi connectivity index (χ3n) is 3.97. The van der Waals surface area contributed by atoms with E-state index in [9.17, 15) is 4.79 Å². The number of hydrogen-bond acceptors (Lipinski definition) is 4. The van der Waals surface area contributed by atoms with Crippen molar-refractivity contribution in [2.45, 2.75) is 6.54 Å². The number of hydrogen-bond donors (Lipinski definition) is 0. The number of benzene rings is 2. The van der Waals surface area contributed by atoms with Crippen molar-refractivity contribution < 1.29 is 4.79 Å². The standard InChI is InChI=1S/C20H13Br2N3OS/c21-13-8-9-17-18(11-13)27-20(24-17)25(12-14-5-3-4-10-23-14)19(26)15-6-1-2-7-16(15)22/h1-11H,12H2. The van der Waals surface area contributed by atoms with E-state index >= 15 is 0 Å². The SMILES string of the molecule is O=C(c1ccccc1Br)N(Cc1ccccn1)c1nc2ccc(Br)cc2s1. The van der Waals surface area contributed by atoms with Gasteiger partial charge in [0.25, 0.3) is 5.91 Å². The van der Waals surface area contributed by atoms with Gasteiger partial charge < -0.3 is 0 Å². The van der Waals surface area contributed by atoms with Crippen LogP contribution in [-0.2, 0) is 6.54 Å². The van der Waals surface area contributed by atoms with E-state index in [-0.39, 0.29) is 5.91 Å². The van der Waals surface area contributed by atoms with Crippen LogP contribution in [0.3, 0.4) is 0 Å². The van der Waals surface area contributed by atoms with Gasteiger partial charge in [-0.2, -0.15) is 0 Å². The molecular formula is C20H13Br2N3OS. The maximum atomic E-state index is 13.3. The van der Waals surface area contributed by atoms with Crippen molar-refractivity contribution in [3.05, 3.63) is 87.1 Å². The van der Waals surface area contributed by atoms with Gasteiger partial charge in [0.05, 0.1) is 28.0 Å². The van der Waals surface area contributed by atoms with Crippen molar-refractivity contribution in [2.24, 2.45) is 0 Å². The Morgan fingerprint density at radius 2 is 1.85 bits per heavy atom. The zero-order valence-electron chi connectivity index (χ0n) is 14.0. The first-order valence-corrected chi connectivity index (χ1v) is 10.5. The van der Waals surface area contributed by atoms with Gasteiger partial charge in [-0.15, -0.1) is 0 Å². The average molecular weight is 503 g/mol. The first kappa shape index (κ1) is 18.3. The van der Waals surface area contributed by atoms with Gasteiger partial charge in [-0.05, 0) is 58.4 Å². The highest BCUT2D eigenvalue weighted by Gasteiger charge is 2.23. The topological polar surface area (TPSA) is 46.1 Å². The van der Waals surface area contributed by atoms with E-state index in [0.717, 1.165) is 24.9 Å². The van der Waals surface area contributed by atoms with Crippen molar-refractivity contribution in [3.8, 4) is 0 Å². The Balaban J connectivity index is 1.79. The second-order valence-corrected chi connectivity index (χ2v) is 8.58. The van der Waals surface area contributed by atoms with Crippen molar-refractivity contribution >= 4 is 64.5 Å². The Bertz CT molecular complexity index is 1110. The molecule has 0 aliphatic carbocycles. The van der Waals surface area contributed by atoms with E-state index in [4.69, 9.17) is 0 Å². The van der Waals surface area contributed by atoms with Gasteiger partial charge in [0, 0.05) is 15.1 Å². The quantitative estimate of drug-likeness (QED) is 0.340. The van der Waals surface area contributed by atoms with Gasteiger partial charge in [-0.3, -0.25) is 14.7 Å². The second-order valence-electron chi connectivity index (χ2n) is 5.80. The van der Waals surface area contributed by atoms with E-state index in [0.29, 0.717) is 17.2 Å². The molecule has 0 saturated carbocycles. The molecule has 4 rings (SSSR count). The predicted octanol–water partition coefficient (Wildman–Crippen LogP) is 6.06. The summed E-state index contributed by atoms with van der Waals surface area (Å²) >= 11 is 8.46. The largest absolute Gasteiger partial charge is 0.278 e. The van der Waals surface area contributed by atoms with Crippen LogP contribution >= 0.6 is 43.2 Å². The molecule has 2 aromatic carbocycles. The number of halogens is 2. The molecule has 2 heterocycles. The number of rotatable bonds is 4. The molecule has 134 valence electrons. The van der Waals surface area contributed by atoms with Crippen LogP contribution in [0.2, 0.25) is 0 Å². The lowest BCUT2D eigenvalue weighted by molar-refractivity contribution is 0.0984. The molecule has 0 radical (unpaired) electrons. The van der Waals surface area contributed by atoms with Crippen molar-refractivity contribution in [3.63, 3.8) is 0 Å². The van der Waals surface area contributed by atoms with Gasteiger partial charge >= 0.3 is 0 Å². The summed E-state index contributed by atoms with van der Waals surface area (Å²) in [5, 5.41) is 0.648. The summed E-state index contributed by atoms with van der Waals surface area (Å²) in [5.41, 5.74) is 2.26. The van der Waals surface area contributed by atoms with Crippen LogP contribution in [0, 0.1) is 0 Å². The Morgan fingerprint density at radius 3 is 2.63 bits per heavy atom. The lowest BCUT2D eigenvalue weighted by atomic mass is 10.2. The van der Waals surface area contributed by atoms with Crippen molar-refractivity contribution in [2.75, 3.05) is 4.90 Å². The second kappa shape index (κ2) is 7.88. The van der Waals surface area contributed by atoms with Crippen molar-refractivity contribution in [1.82, 2.24) is 9.97 Å². The van der Waals surface area contributed by atoms with Gasteiger partial charge in [-0.1, -0.05) is 45.5 Å². The molecule has 0 unspecified atom stereocenters. The maximum Gasteiger partial charge on any atom is 0.261 e. The van der Waals surface area contributed by atoms with Crippen LogP contribution in [0.15, 0.2) is 75.8 Å². The number of nitrogens with zero attached hydrogens (tertiary/aromatic N) is 3. The fourth-order valence-electron chi connectivity index (χ4n) is 2.66. The highest BCUT2D eigenvalue weighted by Crippen LogP contribution is 2.33. The molecule has 0 saturated heterocycles. The molecule has 0 fully saturated rings. The molecule has 7 heteroatoms. The Labute approximate surface area is 177 Å². The van der Waals surface area contributed by atoms with Crippen LogP contribution < -0.4 is 4.90 Å². The number of aromatic nitrogens is 2. The summed E-state index contributed by atoms with van der Waals surface area (Å²) in [4.78, 5) is 24.1. The number of carbonyl (C=O) groups is 1. The molecule has 0 aliphatic rings. The zero-order chi connectivity index (χ0) is 18.8. The highest BCUT2D eigenvalue weighted by molar-refractivity contribution is 9.10. The summed E-state index contributed by atoms with van der Waals surface area (Å²) in [6.07, 6.45) is 1.73. The predicted molar refractivity (Wildman–Crippen MR) is 116 cm³/mol. The van der Waals surface area contributed by atoms with E-state index in [1.807, 2.05) is 60.7 Å². The Kier molecular flexibility index (Phi) is 5.33. The van der Waals surface area contributed by atoms with E-state index in [1.54, 1.807) is 11.1 Å². The average Bonchev–Trinajstić information content (AvgIpc) is 3.09. The number of amides is 1. The van der Waals surface area contributed by atoms with Gasteiger partial charge in [-0.25, -0.2) is 4.98 Å². The molecule has 0 atom stereocenters. The summed E-state index contributed by atoms with van der Waals surface area (Å²) in [5.74, 6) is -0.119. The van der Waals surface area contributed by atoms with Gasteiger partial charge in [0.2, 0.25) is 0 Å². The van der Waals surface area contributed by atoms with Crippen LogP contribution in [0.5, 0.6) is 0 Å². The van der Waals surface area contributed by atoms with Crippen LogP contribution in [0.1, 0.15) is 16.1 Å². The smallest absolute Gasteiger partial charge is 0.261 e. The molecular weight excluding hydrogens is 490 g/mol. The van der Waals surface area contributed by atoms with Crippen LogP contribution in [0.25, 0.3) is 10.2 Å². The van der Waals surface area contributed by atoms with E-state index in [2.05, 4.69) is 41.8 Å². The number of carbonyl (C=O) groups excluding carboxylic acids is 1. The minimum atomic E-state index is -0.119. The normalized spacial score (nSPS) is 10.9.